The molecule has 2 aliphatic rings. The van der Waals surface area contributed by atoms with E-state index < -0.39 is 12.0 Å². The number of nitrogens with one attached hydrogen (secondary N) is 1. The Morgan fingerprint density at radius 1 is 1.38 bits per heavy atom. The van der Waals surface area contributed by atoms with E-state index in [1.165, 1.54) is 0 Å². The zero-order valence-corrected chi connectivity index (χ0v) is 12.3. The third kappa shape index (κ3) is 4.20. The van der Waals surface area contributed by atoms with Crippen molar-refractivity contribution in [2.75, 3.05) is 19.7 Å². The van der Waals surface area contributed by atoms with Crippen LogP contribution in [0.2, 0.25) is 0 Å². The Morgan fingerprint density at radius 2 is 2.10 bits per heavy atom. The molecular weight excluding hydrogens is 272 g/mol. The molecule has 1 heterocycles. The minimum atomic E-state index is -0.936. The van der Waals surface area contributed by atoms with E-state index in [1.807, 2.05) is 0 Å². The van der Waals surface area contributed by atoms with Gasteiger partial charge < -0.3 is 20.1 Å². The van der Waals surface area contributed by atoms with E-state index in [1.54, 1.807) is 11.0 Å². The molecule has 118 valence electrons. The van der Waals surface area contributed by atoms with E-state index in [9.17, 15) is 14.7 Å². The van der Waals surface area contributed by atoms with Gasteiger partial charge in [-0.15, -0.1) is 6.58 Å². The van der Waals surface area contributed by atoms with E-state index in [0.29, 0.717) is 19.7 Å². The summed E-state index contributed by atoms with van der Waals surface area (Å²) in [7, 11) is 0. The van der Waals surface area contributed by atoms with E-state index in [0.717, 1.165) is 32.1 Å². The molecule has 0 unspecified atom stereocenters. The van der Waals surface area contributed by atoms with Gasteiger partial charge in [0.15, 0.2) is 0 Å². The van der Waals surface area contributed by atoms with Crippen molar-refractivity contribution in [2.24, 2.45) is 5.92 Å². The molecule has 1 saturated heterocycles. The first kappa shape index (κ1) is 15.8. The second-order valence-electron chi connectivity index (χ2n) is 5.79. The second kappa shape index (κ2) is 7.45. The molecular formula is C15H24N2O4. The number of amides is 2. The number of carboxylic acids is 1. The Labute approximate surface area is 125 Å². The van der Waals surface area contributed by atoms with E-state index >= 15 is 0 Å². The van der Waals surface area contributed by atoms with E-state index in [2.05, 4.69) is 11.9 Å². The van der Waals surface area contributed by atoms with Gasteiger partial charge in [-0.1, -0.05) is 18.9 Å². The lowest BCUT2D eigenvalue weighted by Gasteiger charge is -2.24. The van der Waals surface area contributed by atoms with Crippen LogP contribution in [0.1, 0.15) is 32.1 Å². The van der Waals surface area contributed by atoms with Crippen molar-refractivity contribution >= 4 is 12.0 Å². The third-order valence-corrected chi connectivity index (χ3v) is 4.30. The minimum absolute atomic E-state index is 0.0171. The van der Waals surface area contributed by atoms with Crippen molar-refractivity contribution in [2.45, 2.75) is 44.2 Å². The van der Waals surface area contributed by atoms with E-state index in [4.69, 9.17) is 4.74 Å². The van der Waals surface area contributed by atoms with Gasteiger partial charge in [-0.05, 0) is 25.2 Å². The number of ether oxygens (including phenoxy) is 1. The van der Waals surface area contributed by atoms with Crippen molar-refractivity contribution in [3.63, 3.8) is 0 Å². The molecule has 2 atom stereocenters. The lowest BCUT2D eigenvalue weighted by Crippen LogP contribution is -2.50. The zero-order chi connectivity index (χ0) is 15.2. The summed E-state index contributed by atoms with van der Waals surface area (Å²) in [6.45, 7) is 5.18. The molecule has 2 N–H and O–H groups in total. The number of likely N-dealkylation sites (tertiary alicyclic amines) is 1. The second-order valence-corrected chi connectivity index (χ2v) is 5.79. The predicted molar refractivity (Wildman–Crippen MR) is 78.0 cm³/mol. The fourth-order valence-electron chi connectivity index (χ4n) is 3.15. The van der Waals surface area contributed by atoms with Gasteiger partial charge in [0, 0.05) is 13.1 Å². The summed E-state index contributed by atoms with van der Waals surface area (Å²) in [5.74, 6) is -0.879. The lowest BCUT2D eigenvalue weighted by atomic mass is 9.98. The molecule has 6 heteroatoms. The Bertz CT molecular complexity index is 393. The van der Waals surface area contributed by atoms with Gasteiger partial charge in [0.05, 0.1) is 12.7 Å². The average molecular weight is 296 g/mol. The summed E-state index contributed by atoms with van der Waals surface area (Å²) < 4.78 is 5.53. The topological polar surface area (TPSA) is 78.9 Å². The molecule has 0 aromatic rings. The van der Waals surface area contributed by atoms with Gasteiger partial charge in [-0.25, -0.2) is 9.59 Å². The summed E-state index contributed by atoms with van der Waals surface area (Å²) in [6, 6.07) is -1.06. The molecule has 1 saturated carbocycles. The average Bonchev–Trinajstić information content (AvgIpc) is 3.13. The fourth-order valence-corrected chi connectivity index (χ4v) is 3.15. The monoisotopic (exact) mass is 296 g/mol. The Kier molecular flexibility index (Phi) is 5.61. The van der Waals surface area contributed by atoms with Gasteiger partial charge in [0.25, 0.3) is 0 Å². The Hall–Kier alpha value is -1.56. The van der Waals surface area contributed by atoms with Crippen LogP contribution < -0.4 is 5.32 Å². The largest absolute Gasteiger partial charge is 0.480 e. The smallest absolute Gasteiger partial charge is 0.326 e. The molecule has 0 radical (unpaired) electrons. The maximum absolute atomic E-state index is 12.2. The number of hydrogen-bond donors (Lipinski definition) is 2. The standard InChI is InChI=1S/C15H24N2O4/c1-2-9-21-12-7-8-17(10-12)15(20)16-13(14(18)19)11-5-3-4-6-11/h2,11-13H,1,3-10H2,(H,16,20)(H,18,19)/t12-,13-/m0/s1. The van der Waals surface area contributed by atoms with Crippen LogP contribution in [0.5, 0.6) is 0 Å². The van der Waals surface area contributed by atoms with Gasteiger partial charge >= 0.3 is 12.0 Å². The highest BCUT2D eigenvalue weighted by molar-refractivity contribution is 5.83. The molecule has 21 heavy (non-hydrogen) atoms. The molecule has 1 aliphatic carbocycles. The van der Waals surface area contributed by atoms with Crippen LogP contribution in [0.3, 0.4) is 0 Å². The van der Waals surface area contributed by atoms with Crippen LogP contribution in [0.15, 0.2) is 12.7 Å². The first-order valence-corrected chi connectivity index (χ1v) is 7.62. The number of rotatable bonds is 6. The van der Waals surface area contributed by atoms with Gasteiger partial charge in [0.2, 0.25) is 0 Å². The van der Waals surface area contributed by atoms with Gasteiger partial charge in [-0.3, -0.25) is 0 Å². The quantitative estimate of drug-likeness (QED) is 0.730. The van der Waals surface area contributed by atoms with Crippen molar-refractivity contribution < 1.29 is 19.4 Å². The first-order valence-electron chi connectivity index (χ1n) is 7.62. The summed E-state index contributed by atoms with van der Waals surface area (Å²) in [6.07, 6.45) is 6.33. The van der Waals surface area contributed by atoms with Crippen LogP contribution >= 0.6 is 0 Å². The zero-order valence-electron chi connectivity index (χ0n) is 12.3. The summed E-state index contributed by atoms with van der Waals surface area (Å²) in [5, 5.41) is 12.0. The van der Waals surface area contributed by atoms with Crippen LogP contribution in [-0.2, 0) is 9.53 Å². The third-order valence-electron chi connectivity index (χ3n) is 4.30. The van der Waals surface area contributed by atoms with Crippen molar-refractivity contribution in [3.05, 3.63) is 12.7 Å². The number of urea groups is 1. The highest BCUT2D eigenvalue weighted by atomic mass is 16.5. The molecule has 0 aromatic carbocycles. The SMILES string of the molecule is C=CCO[C@H]1CCN(C(=O)N[C@H](C(=O)O)C2CCCC2)C1. The molecule has 0 bridgehead atoms. The van der Waals surface area contributed by atoms with Crippen molar-refractivity contribution in [1.29, 1.82) is 0 Å². The van der Waals surface area contributed by atoms with Crippen molar-refractivity contribution in [1.82, 2.24) is 10.2 Å². The number of hydrogen-bond acceptors (Lipinski definition) is 3. The number of carboxylic acid groups (broad SMARTS) is 1. The molecule has 2 rings (SSSR count). The van der Waals surface area contributed by atoms with Crippen molar-refractivity contribution in [3.8, 4) is 0 Å². The van der Waals surface area contributed by atoms with Crippen LogP contribution in [0.4, 0.5) is 4.79 Å². The minimum Gasteiger partial charge on any atom is -0.480 e. The maximum Gasteiger partial charge on any atom is 0.326 e. The lowest BCUT2D eigenvalue weighted by molar-refractivity contribution is -0.140. The van der Waals surface area contributed by atoms with Crippen LogP contribution in [0.25, 0.3) is 0 Å². The Balaban J connectivity index is 1.84. The highest BCUT2D eigenvalue weighted by Crippen LogP contribution is 2.28. The van der Waals surface area contributed by atoms with E-state index in [-0.39, 0.29) is 18.1 Å². The molecule has 2 fully saturated rings. The predicted octanol–water partition coefficient (Wildman–Crippen LogP) is 1.62. The first-order chi connectivity index (χ1) is 10.1. The molecule has 6 nitrogen and oxygen atoms in total. The number of aliphatic carboxylic acids is 1. The van der Waals surface area contributed by atoms with Crippen LogP contribution in [0, 0.1) is 5.92 Å². The molecule has 1 aliphatic heterocycles. The Morgan fingerprint density at radius 3 is 2.71 bits per heavy atom. The molecule has 2 amide bonds. The summed E-state index contributed by atoms with van der Waals surface area (Å²) >= 11 is 0. The van der Waals surface area contributed by atoms with Crippen LogP contribution in [-0.4, -0.2) is 53.8 Å². The maximum atomic E-state index is 12.2. The molecule has 0 aromatic heterocycles. The number of carbonyl (C=O) groups excluding carboxylic acids is 1. The normalized spacial score (nSPS) is 24.0. The summed E-state index contributed by atoms with van der Waals surface area (Å²) in [5.41, 5.74) is 0. The van der Waals surface area contributed by atoms with Gasteiger partial charge in [-0.2, -0.15) is 0 Å². The number of nitrogens with zero attached hydrogens (tertiary/aromatic N) is 1. The highest BCUT2D eigenvalue weighted by Gasteiger charge is 2.34. The summed E-state index contributed by atoms with van der Waals surface area (Å²) in [4.78, 5) is 25.2. The fraction of sp³-hybridized carbons (Fsp3) is 0.733. The van der Waals surface area contributed by atoms with Gasteiger partial charge in [0.1, 0.15) is 6.04 Å². The molecule has 0 spiro atoms. The number of carbonyl (C=O) groups is 2.